The van der Waals surface area contributed by atoms with Crippen molar-refractivity contribution >= 4 is 16.6 Å². The number of furan rings is 1. The first-order valence-electron chi connectivity index (χ1n) is 6.53. The van der Waals surface area contributed by atoms with Gasteiger partial charge in [0.05, 0.1) is 23.0 Å². The van der Waals surface area contributed by atoms with Crippen LogP contribution in [0.25, 0.3) is 10.9 Å². The molecular weight excluding hydrogens is 266 g/mol. The second-order valence-corrected chi connectivity index (χ2v) is 4.59. The molecule has 0 spiro atoms. The van der Waals surface area contributed by atoms with Crippen molar-refractivity contribution < 1.29 is 9.52 Å². The van der Waals surface area contributed by atoms with E-state index in [1.165, 1.54) is 12.5 Å². The van der Waals surface area contributed by atoms with Crippen LogP contribution in [0.5, 0.6) is 0 Å². The number of hydrogen-bond donors (Lipinski definition) is 2. The maximum absolute atomic E-state index is 10.1. The Balaban J connectivity index is 1.91. The number of hydrogen-bond acceptors (Lipinski definition) is 5. The lowest BCUT2D eigenvalue weighted by Gasteiger charge is -2.13. The van der Waals surface area contributed by atoms with Gasteiger partial charge in [0.25, 0.3) is 0 Å². The topological polar surface area (TPSA) is 82.1 Å². The molecule has 1 unspecified atom stereocenters. The Morgan fingerprint density at radius 2 is 2.14 bits per heavy atom. The third-order valence-electron chi connectivity index (χ3n) is 3.24. The fourth-order valence-corrected chi connectivity index (χ4v) is 2.20. The van der Waals surface area contributed by atoms with Crippen LogP contribution in [0.1, 0.15) is 17.4 Å². The van der Waals surface area contributed by atoms with Crippen LogP contribution >= 0.6 is 0 Å². The summed E-state index contributed by atoms with van der Waals surface area (Å²) < 4.78 is 5.16. The molecule has 0 saturated carbocycles. The third kappa shape index (κ3) is 2.57. The molecule has 2 heterocycles. The first-order valence-corrected chi connectivity index (χ1v) is 6.53. The van der Waals surface area contributed by atoms with E-state index in [9.17, 15) is 10.4 Å². The van der Waals surface area contributed by atoms with Gasteiger partial charge >= 0.3 is 0 Å². The highest BCUT2D eigenvalue weighted by Crippen LogP contribution is 2.26. The Hall–Kier alpha value is -2.84. The molecular formula is C16H13N3O2. The highest BCUT2D eigenvalue weighted by atomic mass is 16.4. The van der Waals surface area contributed by atoms with E-state index in [1.807, 2.05) is 24.3 Å². The highest BCUT2D eigenvalue weighted by Gasteiger charge is 2.13. The summed E-state index contributed by atoms with van der Waals surface area (Å²) in [4.78, 5) is 4.25. The molecule has 0 amide bonds. The first-order chi connectivity index (χ1) is 10.3. The Kier molecular flexibility index (Phi) is 3.54. The van der Waals surface area contributed by atoms with Crippen LogP contribution in [0.3, 0.4) is 0 Å². The number of pyridine rings is 1. The van der Waals surface area contributed by atoms with Gasteiger partial charge in [-0.25, -0.2) is 0 Å². The van der Waals surface area contributed by atoms with Gasteiger partial charge in [0.1, 0.15) is 17.9 Å². The van der Waals surface area contributed by atoms with Crippen LogP contribution in [0, 0.1) is 11.3 Å². The van der Waals surface area contributed by atoms with E-state index in [-0.39, 0.29) is 6.54 Å². The van der Waals surface area contributed by atoms with E-state index >= 15 is 0 Å². The molecule has 5 heteroatoms. The standard InChI is InChI=1S/C16H13N3O2/c17-8-11-9-18-13-5-2-1-4-12(13)16(11)19-10-14(20)15-6-3-7-21-15/h1-7,9,14,20H,10H2,(H,18,19). The maximum atomic E-state index is 10.1. The summed E-state index contributed by atoms with van der Waals surface area (Å²) >= 11 is 0. The SMILES string of the molecule is N#Cc1cnc2ccccc2c1NCC(O)c1ccco1. The number of rotatable bonds is 4. The number of aliphatic hydroxyl groups excluding tert-OH is 1. The molecule has 0 aliphatic rings. The number of aromatic nitrogens is 1. The zero-order chi connectivity index (χ0) is 14.7. The molecule has 104 valence electrons. The average Bonchev–Trinajstić information content (AvgIpc) is 3.06. The molecule has 0 radical (unpaired) electrons. The summed E-state index contributed by atoms with van der Waals surface area (Å²) in [5.41, 5.74) is 1.92. The van der Waals surface area contributed by atoms with E-state index in [0.29, 0.717) is 17.0 Å². The molecule has 2 N–H and O–H groups in total. The van der Waals surface area contributed by atoms with Gasteiger partial charge in [-0.05, 0) is 18.2 Å². The van der Waals surface area contributed by atoms with Crippen molar-refractivity contribution in [2.45, 2.75) is 6.10 Å². The second kappa shape index (κ2) is 5.65. The van der Waals surface area contributed by atoms with Crippen molar-refractivity contribution in [1.29, 1.82) is 5.26 Å². The molecule has 0 aliphatic heterocycles. The third-order valence-corrected chi connectivity index (χ3v) is 3.24. The van der Waals surface area contributed by atoms with Crippen molar-refractivity contribution in [3.8, 4) is 6.07 Å². The van der Waals surface area contributed by atoms with Crippen molar-refractivity contribution in [3.63, 3.8) is 0 Å². The Morgan fingerprint density at radius 1 is 1.29 bits per heavy atom. The number of nitrogens with zero attached hydrogens (tertiary/aromatic N) is 2. The molecule has 0 aliphatic carbocycles. The van der Waals surface area contributed by atoms with Gasteiger partial charge in [-0.3, -0.25) is 4.98 Å². The summed E-state index contributed by atoms with van der Waals surface area (Å²) in [6, 6.07) is 13.1. The largest absolute Gasteiger partial charge is 0.467 e. The van der Waals surface area contributed by atoms with Crippen LogP contribution in [-0.4, -0.2) is 16.6 Å². The predicted octanol–water partition coefficient (Wildman–Crippen LogP) is 2.84. The molecule has 2 aromatic heterocycles. The molecule has 1 aromatic carbocycles. The average molecular weight is 279 g/mol. The lowest BCUT2D eigenvalue weighted by molar-refractivity contribution is 0.162. The van der Waals surface area contributed by atoms with Gasteiger partial charge in [-0.1, -0.05) is 18.2 Å². The van der Waals surface area contributed by atoms with Crippen molar-refractivity contribution in [2.24, 2.45) is 0 Å². The van der Waals surface area contributed by atoms with Gasteiger partial charge in [-0.15, -0.1) is 0 Å². The first kappa shape index (κ1) is 13.2. The number of anilines is 1. The fourth-order valence-electron chi connectivity index (χ4n) is 2.20. The lowest BCUT2D eigenvalue weighted by Crippen LogP contribution is -2.12. The number of fused-ring (bicyclic) bond motifs is 1. The second-order valence-electron chi connectivity index (χ2n) is 4.59. The minimum Gasteiger partial charge on any atom is -0.467 e. The van der Waals surface area contributed by atoms with Gasteiger partial charge in [0, 0.05) is 18.1 Å². The smallest absolute Gasteiger partial charge is 0.134 e. The van der Waals surface area contributed by atoms with Gasteiger partial charge in [0.15, 0.2) is 0 Å². The summed E-state index contributed by atoms with van der Waals surface area (Å²) in [7, 11) is 0. The number of benzene rings is 1. The lowest BCUT2D eigenvalue weighted by atomic mass is 10.1. The summed E-state index contributed by atoms with van der Waals surface area (Å²) in [5.74, 6) is 0.486. The fraction of sp³-hybridized carbons (Fsp3) is 0.125. The number of aliphatic hydroxyl groups is 1. The molecule has 5 nitrogen and oxygen atoms in total. The van der Waals surface area contributed by atoms with E-state index in [4.69, 9.17) is 4.42 Å². The number of nitriles is 1. The summed E-state index contributed by atoms with van der Waals surface area (Å²) in [6.45, 7) is 0.246. The van der Waals surface area contributed by atoms with Crippen LogP contribution in [0.2, 0.25) is 0 Å². The zero-order valence-corrected chi connectivity index (χ0v) is 11.2. The molecule has 3 rings (SSSR count). The predicted molar refractivity (Wildman–Crippen MR) is 78.6 cm³/mol. The molecule has 21 heavy (non-hydrogen) atoms. The number of para-hydroxylation sites is 1. The van der Waals surface area contributed by atoms with Crippen molar-refractivity contribution in [1.82, 2.24) is 4.98 Å². The normalized spacial score (nSPS) is 12.0. The zero-order valence-electron chi connectivity index (χ0n) is 11.2. The van der Waals surface area contributed by atoms with Crippen LogP contribution in [0.15, 0.2) is 53.3 Å². The minimum absolute atomic E-state index is 0.246. The van der Waals surface area contributed by atoms with Crippen LogP contribution in [0.4, 0.5) is 5.69 Å². The Bertz CT molecular complexity index is 791. The van der Waals surface area contributed by atoms with Crippen LogP contribution in [-0.2, 0) is 0 Å². The van der Waals surface area contributed by atoms with Crippen LogP contribution < -0.4 is 5.32 Å². The highest BCUT2D eigenvalue weighted by molar-refractivity contribution is 5.93. The van der Waals surface area contributed by atoms with E-state index < -0.39 is 6.10 Å². The summed E-state index contributed by atoms with van der Waals surface area (Å²) in [5, 5.41) is 23.2. The van der Waals surface area contributed by atoms with E-state index in [0.717, 1.165) is 10.9 Å². The van der Waals surface area contributed by atoms with Crippen molar-refractivity contribution in [2.75, 3.05) is 11.9 Å². The maximum Gasteiger partial charge on any atom is 0.134 e. The minimum atomic E-state index is -0.779. The number of nitrogens with one attached hydrogen (secondary N) is 1. The van der Waals surface area contributed by atoms with Gasteiger partial charge in [0.2, 0.25) is 0 Å². The summed E-state index contributed by atoms with van der Waals surface area (Å²) in [6.07, 6.45) is 2.27. The monoisotopic (exact) mass is 279 g/mol. The Morgan fingerprint density at radius 3 is 2.90 bits per heavy atom. The molecule has 0 fully saturated rings. The molecule has 1 atom stereocenters. The Labute approximate surface area is 121 Å². The van der Waals surface area contributed by atoms with Crippen molar-refractivity contribution in [3.05, 3.63) is 60.2 Å². The quantitative estimate of drug-likeness (QED) is 0.767. The van der Waals surface area contributed by atoms with Gasteiger partial charge in [-0.2, -0.15) is 5.26 Å². The van der Waals surface area contributed by atoms with Gasteiger partial charge < -0.3 is 14.8 Å². The molecule has 0 saturated heterocycles. The molecule has 3 aromatic rings. The van der Waals surface area contributed by atoms with E-state index in [2.05, 4.69) is 16.4 Å². The van der Waals surface area contributed by atoms with E-state index in [1.54, 1.807) is 12.1 Å². The molecule has 0 bridgehead atoms.